The first kappa shape index (κ1) is 15.2. The number of rotatable bonds is 9. The zero-order valence-corrected chi connectivity index (χ0v) is 11.9. The third-order valence-corrected chi connectivity index (χ3v) is 3.58. The largest absolute Gasteiger partial charge is 0.382 e. The van der Waals surface area contributed by atoms with Gasteiger partial charge in [0, 0.05) is 13.7 Å². The first-order valence-corrected chi connectivity index (χ1v) is 6.98. The third-order valence-electron chi connectivity index (χ3n) is 3.15. The molecule has 1 rings (SSSR count). The zero-order valence-electron chi connectivity index (χ0n) is 11.2. The van der Waals surface area contributed by atoms with Gasteiger partial charge in [-0.3, -0.25) is 0 Å². The van der Waals surface area contributed by atoms with Gasteiger partial charge in [0.15, 0.2) is 0 Å². The second-order valence-electron chi connectivity index (χ2n) is 4.85. The fourth-order valence-electron chi connectivity index (χ4n) is 2.03. The summed E-state index contributed by atoms with van der Waals surface area (Å²) in [6.07, 6.45) is 3.54. The van der Waals surface area contributed by atoms with E-state index in [4.69, 9.17) is 25.8 Å². The van der Waals surface area contributed by atoms with Crippen molar-refractivity contribution in [2.75, 3.05) is 26.9 Å². The van der Waals surface area contributed by atoms with Gasteiger partial charge in [0.25, 0.3) is 0 Å². The first-order valence-electron chi connectivity index (χ1n) is 6.55. The van der Waals surface area contributed by atoms with Crippen LogP contribution in [0, 0.1) is 5.92 Å². The van der Waals surface area contributed by atoms with Crippen molar-refractivity contribution in [3.8, 4) is 0 Å². The van der Waals surface area contributed by atoms with Gasteiger partial charge in [-0.15, -0.1) is 11.6 Å². The zero-order chi connectivity index (χ0) is 12.7. The van der Waals surface area contributed by atoms with Gasteiger partial charge in [0.2, 0.25) is 0 Å². The van der Waals surface area contributed by atoms with E-state index in [1.807, 2.05) is 0 Å². The highest BCUT2D eigenvalue weighted by Crippen LogP contribution is 2.32. The van der Waals surface area contributed by atoms with Gasteiger partial charge in [-0.1, -0.05) is 20.3 Å². The van der Waals surface area contributed by atoms with Crippen LogP contribution in [0.1, 0.15) is 33.1 Å². The van der Waals surface area contributed by atoms with Crippen molar-refractivity contribution in [3.63, 3.8) is 0 Å². The van der Waals surface area contributed by atoms with Gasteiger partial charge in [-0.2, -0.15) is 0 Å². The monoisotopic (exact) mass is 264 g/mol. The SMILES string of the molecule is CCCC(C)COC1CC(Cl)C1OCCOC. The van der Waals surface area contributed by atoms with E-state index < -0.39 is 0 Å². The third kappa shape index (κ3) is 5.12. The predicted molar refractivity (Wildman–Crippen MR) is 69.7 cm³/mol. The van der Waals surface area contributed by atoms with Crippen molar-refractivity contribution in [2.24, 2.45) is 5.92 Å². The van der Waals surface area contributed by atoms with Gasteiger partial charge < -0.3 is 14.2 Å². The molecule has 0 spiro atoms. The molecule has 1 saturated carbocycles. The molecule has 0 saturated heterocycles. The molecule has 0 amide bonds. The topological polar surface area (TPSA) is 27.7 Å². The minimum Gasteiger partial charge on any atom is -0.382 e. The van der Waals surface area contributed by atoms with E-state index in [9.17, 15) is 0 Å². The average Bonchev–Trinajstić information content (AvgIpc) is 2.30. The summed E-state index contributed by atoms with van der Waals surface area (Å²) >= 11 is 6.12. The summed E-state index contributed by atoms with van der Waals surface area (Å²) in [5.41, 5.74) is 0. The Balaban J connectivity index is 2.15. The van der Waals surface area contributed by atoms with Crippen LogP contribution in [-0.2, 0) is 14.2 Å². The Bertz CT molecular complexity index is 201. The molecule has 3 nitrogen and oxygen atoms in total. The Morgan fingerprint density at radius 1 is 1.29 bits per heavy atom. The molecule has 4 unspecified atom stereocenters. The maximum Gasteiger partial charge on any atom is 0.100 e. The van der Waals surface area contributed by atoms with Gasteiger partial charge >= 0.3 is 0 Å². The van der Waals surface area contributed by atoms with E-state index >= 15 is 0 Å². The molecule has 4 atom stereocenters. The summed E-state index contributed by atoms with van der Waals surface area (Å²) in [6, 6.07) is 0. The Kier molecular flexibility index (Phi) is 7.44. The lowest BCUT2D eigenvalue weighted by molar-refractivity contribution is -0.135. The number of hydrogen-bond donors (Lipinski definition) is 0. The Morgan fingerprint density at radius 3 is 2.65 bits per heavy atom. The van der Waals surface area contributed by atoms with E-state index in [1.54, 1.807) is 7.11 Å². The summed E-state index contributed by atoms with van der Waals surface area (Å²) in [5, 5.41) is 0.0957. The van der Waals surface area contributed by atoms with E-state index in [0.29, 0.717) is 19.1 Å². The maximum absolute atomic E-state index is 6.12. The molecule has 0 aromatic rings. The smallest absolute Gasteiger partial charge is 0.100 e. The number of alkyl halides is 1. The molecule has 102 valence electrons. The summed E-state index contributed by atoms with van der Waals surface area (Å²) in [4.78, 5) is 0. The van der Waals surface area contributed by atoms with E-state index in [1.165, 1.54) is 12.8 Å². The second-order valence-corrected chi connectivity index (χ2v) is 5.41. The summed E-state index contributed by atoms with van der Waals surface area (Å²) in [5.74, 6) is 0.619. The molecular formula is C13H25ClO3. The highest BCUT2D eigenvalue weighted by Gasteiger charge is 2.41. The van der Waals surface area contributed by atoms with Crippen LogP contribution in [-0.4, -0.2) is 44.5 Å². The molecule has 4 heteroatoms. The normalized spacial score (nSPS) is 30.0. The van der Waals surface area contributed by atoms with E-state index in [2.05, 4.69) is 13.8 Å². The molecule has 0 aromatic carbocycles. The fraction of sp³-hybridized carbons (Fsp3) is 1.00. The van der Waals surface area contributed by atoms with Crippen molar-refractivity contribution in [1.82, 2.24) is 0 Å². The van der Waals surface area contributed by atoms with Crippen molar-refractivity contribution in [3.05, 3.63) is 0 Å². The first-order chi connectivity index (χ1) is 8.19. The van der Waals surface area contributed by atoms with Crippen LogP contribution < -0.4 is 0 Å². The molecule has 1 fully saturated rings. The van der Waals surface area contributed by atoms with E-state index in [0.717, 1.165) is 13.0 Å². The average molecular weight is 265 g/mol. The molecule has 0 N–H and O–H groups in total. The quantitative estimate of drug-likeness (QED) is 0.473. The van der Waals surface area contributed by atoms with Crippen LogP contribution in [0.5, 0.6) is 0 Å². The van der Waals surface area contributed by atoms with Crippen molar-refractivity contribution < 1.29 is 14.2 Å². The minimum atomic E-state index is 0.0423. The molecule has 0 heterocycles. The van der Waals surface area contributed by atoms with Gasteiger partial charge in [0.1, 0.15) is 6.10 Å². The second kappa shape index (κ2) is 8.30. The number of halogens is 1. The summed E-state index contributed by atoms with van der Waals surface area (Å²) in [6.45, 7) is 6.44. The van der Waals surface area contributed by atoms with E-state index in [-0.39, 0.29) is 17.6 Å². The van der Waals surface area contributed by atoms with Crippen LogP contribution in [0.4, 0.5) is 0 Å². The lowest BCUT2D eigenvalue weighted by Crippen LogP contribution is -2.51. The van der Waals surface area contributed by atoms with Crippen LogP contribution in [0.15, 0.2) is 0 Å². The molecule has 0 bridgehead atoms. The Labute approximate surface area is 110 Å². The fourth-order valence-corrected chi connectivity index (χ4v) is 2.44. The van der Waals surface area contributed by atoms with Gasteiger partial charge in [-0.25, -0.2) is 0 Å². The van der Waals surface area contributed by atoms with Crippen LogP contribution in [0.2, 0.25) is 0 Å². The van der Waals surface area contributed by atoms with Gasteiger partial charge in [-0.05, 0) is 18.8 Å². The highest BCUT2D eigenvalue weighted by atomic mass is 35.5. The van der Waals surface area contributed by atoms with Crippen molar-refractivity contribution >= 4 is 11.6 Å². The van der Waals surface area contributed by atoms with Crippen LogP contribution in [0.3, 0.4) is 0 Å². The molecule has 0 aliphatic heterocycles. The molecule has 17 heavy (non-hydrogen) atoms. The standard InChI is InChI=1S/C13H25ClO3/c1-4-5-10(2)9-17-12-8-11(14)13(12)16-7-6-15-3/h10-13H,4-9H2,1-3H3. The predicted octanol–water partition coefficient (Wildman–Crippen LogP) is 2.85. The highest BCUT2D eigenvalue weighted by molar-refractivity contribution is 6.21. The molecule has 1 aliphatic carbocycles. The summed E-state index contributed by atoms with van der Waals surface area (Å²) in [7, 11) is 1.67. The number of hydrogen-bond acceptors (Lipinski definition) is 3. The Morgan fingerprint density at radius 2 is 2.06 bits per heavy atom. The lowest BCUT2D eigenvalue weighted by atomic mass is 9.90. The van der Waals surface area contributed by atoms with Crippen molar-refractivity contribution in [2.45, 2.75) is 50.7 Å². The lowest BCUT2D eigenvalue weighted by Gasteiger charge is -2.41. The number of ether oxygens (including phenoxy) is 3. The number of methoxy groups -OCH3 is 1. The molecule has 0 aromatic heterocycles. The maximum atomic E-state index is 6.12. The summed E-state index contributed by atoms with van der Waals surface area (Å²) < 4.78 is 16.5. The minimum absolute atomic E-state index is 0.0423. The van der Waals surface area contributed by atoms with Crippen molar-refractivity contribution in [1.29, 1.82) is 0 Å². The molecule has 1 aliphatic rings. The van der Waals surface area contributed by atoms with Gasteiger partial charge in [0.05, 0.1) is 24.7 Å². The molecular weight excluding hydrogens is 240 g/mol. The molecule has 0 radical (unpaired) electrons. The van der Waals surface area contributed by atoms with Crippen LogP contribution >= 0.6 is 11.6 Å². The van der Waals surface area contributed by atoms with Crippen LogP contribution in [0.25, 0.3) is 0 Å². The Hall–Kier alpha value is 0.170.